The second-order valence-electron chi connectivity index (χ2n) is 2.20. The van der Waals surface area contributed by atoms with Crippen LogP contribution in [0.1, 0.15) is 15.9 Å². The van der Waals surface area contributed by atoms with Gasteiger partial charge in [-0.2, -0.15) is 5.26 Å². The third kappa shape index (κ3) is 1.68. The number of carboxylic acid groups (broad SMARTS) is 1. The zero-order chi connectivity index (χ0) is 10.0. The molecule has 0 aliphatic carbocycles. The summed E-state index contributed by atoms with van der Waals surface area (Å²) in [6.45, 7) is 0. The van der Waals surface area contributed by atoms with E-state index in [4.69, 9.17) is 10.4 Å². The zero-order valence-electron chi connectivity index (χ0n) is 6.21. The normalized spacial score (nSPS) is 9.31. The lowest BCUT2D eigenvalue weighted by Crippen LogP contribution is -2.04. The summed E-state index contributed by atoms with van der Waals surface area (Å²) in [7, 11) is 0. The molecule has 0 aromatic heterocycles. The van der Waals surface area contributed by atoms with E-state index in [0.717, 1.165) is 6.07 Å². The Bertz CT molecular complexity index is 411. The lowest BCUT2D eigenvalue weighted by Gasteiger charge is -2.01. The lowest BCUT2D eigenvalue weighted by atomic mass is 10.1. The third-order valence-corrected chi connectivity index (χ3v) is 2.09. The first-order valence-corrected chi connectivity index (χ1v) is 3.98. The Morgan fingerprint density at radius 2 is 2.23 bits per heavy atom. The summed E-state index contributed by atoms with van der Waals surface area (Å²) in [5, 5.41) is 17.2. The van der Waals surface area contributed by atoms with Crippen molar-refractivity contribution in [3.63, 3.8) is 0 Å². The average Bonchev–Trinajstić information content (AvgIpc) is 2.07. The van der Waals surface area contributed by atoms with Gasteiger partial charge in [-0.3, -0.25) is 0 Å². The standard InChI is InChI=1S/C8H3BrFNO2/c9-5-1-2-6(10)7(8(12)13)4(5)3-11/h1-2H,(H,12,13). The number of benzene rings is 1. The fraction of sp³-hybridized carbons (Fsp3) is 0. The van der Waals surface area contributed by atoms with Crippen LogP contribution < -0.4 is 0 Å². The van der Waals surface area contributed by atoms with E-state index in [1.165, 1.54) is 6.07 Å². The molecule has 1 aromatic rings. The molecule has 0 spiro atoms. The molecular formula is C8H3BrFNO2. The number of nitriles is 1. The molecule has 66 valence electrons. The first-order valence-electron chi connectivity index (χ1n) is 3.19. The molecule has 0 fully saturated rings. The fourth-order valence-corrected chi connectivity index (χ4v) is 1.29. The van der Waals surface area contributed by atoms with Gasteiger partial charge in [0.2, 0.25) is 0 Å². The molecule has 1 aromatic carbocycles. The Kier molecular flexibility index (Phi) is 2.63. The highest BCUT2D eigenvalue weighted by Crippen LogP contribution is 2.22. The molecule has 1 rings (SSSR count). The quantitative estimate of drug-likeness (QED) is 0.823. The Balaban J connectivity index is 3.55. The minimum absolute atomic E-state index is 0.201. The van der Waals surface area contributed by atoms with Gasteiger partial charge in [-0.25, -0.2) is 9.18 Å². The zero-order valence-corrected chi connectivity index (χ0v) is 7.80. The molecular weight excluding hydrogens is 241 g/mol. The summed E-state index contributed by atoms with van der Waals surface area (Å²) in [6.07, 6.45) is 0. The predicted molar refractivity (Wildman–Crippen MR) is 45.8 cm³/mol. The summed E-state index contributed by atoms with van der Waals surface area (Å²) < 4.78 is 13.2. The van der Waals surface area contributed by atoms with Crippen LogP contribution in [0.5, 0.6) is 0 Å². The molecule has 0 radical (unpaired) electrons. The first-order chi connectivity index (χ1) is 6.07. The molecule has 0 bridgehead atoms. The maximum absolute atomic E-state index is 12.9. The van der Waals surface area contributed by atoms with Gasteiger partial charge in [-0.15, -0.1) is 0 Å². The summed E-state index contributed by atoms with van der Waals surface area (Å²) in [5.74, 6) is -2.36. The smallest absolute Gasteiger partial charge is 0.340 e. The van der Waals surface area contributed by atoms with Crippen molar-refractivity contribution in [2.45, 2.75) is 0 Å². The van der Waals surface area contributed by atoms with Gasteiger partial charge >= 0.3 is 5.97 Å². The van der Waals surface area contributed by atoms with Gasteiger partial charge in [-0.1, -0.05) is 0 Å². The largest absolute Gasteiger partial charge is 0.478 e. The lowest BCUT2D eigenvalue weighted by molar-refractivity contribution is 0.0691. The summed E-state index contributed by atoms with van der Waals surface area (Å²) >= 11 is 2.96. The van der Waals surface area contributed by atoms with E-state index in [-0.39, 0.29) is 10.0 Å². The van der Waals surface area contributed by atoms with Crippen LogP contribution in [0.15, 0.2) is 16.6 Å². The molecule has 0 aliphatic rings. The van der Waals surface area contributed by atoms with E-state index in [2.05, 4.69) is 15.9 Å². The molecule has 0 amide bonds. The van der Waals surface area contributed by atoms with E-state index in [9.17, 15) is 9.18 Å². The van der Waals surface area contributed by atoms with Crippen molar-refractivity contribution in [2.24, 2.45) is 0 Å². The van der Waals surface area contributed by atoms with Crippen LogP contribution in [0, 0.1) is 17.1 Å². The van der Waals surface area contributed by atoms with Gasteiger partial charge in [-0.05, 0) is 28.1 Å². The van der Waals surface area contributed by atoms with Gasteiger partial charge in [0.1, 0.15) is 17.4 Å². The fourth-order valence-electron chi connectivity index (χ4n) is 0.870. The number of nitrogens with zero attached hydrogens (tertiary/aromatic N) is 1. The maximum Gasteiger partial charge on any atom is 0.340 e. The van der Waals surface area contributed by atoms with Gasteiger partial charge < -0.3 is 5.11 Å². The Morgan fingerprint density at radius 1 is 1.62 bits per heavy atom. The Labute approximate surface area is 81.5 Å². The number of hydrogen-bond acceptors (Lipinski definition) is 2. The molecule has 5 heteroatoms. The summed E-state index contributed by atoms with van der Waals surface area (Å²) in [5.41, 5.74) is -0.802. The Morgan fingerprint density at radius 3 is 2.62 bits per heavy atom. The van der Waals surface area contributed by atoms with Gasteiger partial charge in [0.05, 0.1) is 5.56 Å². The minimum Gasteiger partial charge on any atom is -0.478 e. The topological polar surface area (TPSA) is 61.1 Å². The molecule has 0 saturated carbocycles. The van der Waals surface area contributed by atoms with Crippen LogP contribution in [0.4, 0.5) is 4.39 Å². The number of hydrogen-bond donors (Lipinski definition) is 1. The molecule has 3 nitrogen and oxygen atoms in total. The highest BCUT2D eigenvalue weighted by Gasteiger charge is 2.17. The van der Waals surface area contributed by atoms with Crippen molar-refractivity contribution in [1.82, 2.24) is 0 Å². The number of rotatable bonds is 1. The van der Waals surface area contributed by atoms with E-state index >= 15 is 0 Å². The number of carbonyl (C=O) groups is 1. The third-order valence-electron chi connectivity index (χ3n) is 1.43. The molecule has 0 saturated heterocycles. The van der Waals surface area contributed by atoms with E-state index in [1.54, 1.807) is 6.07 Å². The summed E-state index contributed by atoms with van der Waals surface area (Å²) in [4.78, 5) is 10.5. The van der Waals surface area contributed by atoms with Crippen molar-refractivity contribution < 1.29 is 14.3 Å². The van der Waals surface area contributed by atoms with Crippen molar-refractivity contribution in [3.8, 4) is 6.07 Å². The van der Waals surface area contributed by atoms with Crippen LogP contribution in [-0.2, 0) is 0 Å². The second-order valence-corrected chi connectivity index (χ2v) is 3.05. The molecule has 0 unspecified atom stereocenters. The van der Waals surface area contributed by atoms with Crippen LogP contribution in [-0.4, -0.2) is 11.1 Å². The van der Waals surface area contributed by atoms with Gasteiger partial charge in [0.15, 0.2) is 0 Å². The van der Waals surface area contributed by atoms with Crippen molar-refractivity contribution in [3.05, 3.63) is 33.5 Å². The van der Waals surface area contributed by atoms with Crippen LogP contribution in [0.2, 0.25) is 0 Å². The van der Waals surface area contributed by atoms with E-state index < -0.39 is 17.3 Å². The Hall–Kier alpha value is -1.41. The van der Waals surface area contributed by atoms with Crippen LogP contribution in [0.3, 0.4) is 0 Å². The summed E-state index contributed by atoms with van der Waals surface area (Å²) in [6, 6.07) is 3.90. The van der Waals surface area contributed by atoms with Crippen molar-refractivity contribution >= 4 is 21.9 Å². The predicted octanol–water partition coefficient (Wildman–Crippen LogP) is 2.16. The molecule has 0 heterocycles. The molecule has 13 heavy (non-hydrogen) atoms. The maximum atomic E-state index is 12.9. The second kappa shape index (κ2) is 3.54. The highest BCUT2D eigenvalue weighted by atomic mass is 79.9. The number of carboxylic acids is 1. The molecule has 0 atom stereocenters. The molecule has 1 N–H and O–H groups in total. The van der Waals surface area contributed by atoms with Gasteiger partial charge in [0, 0.05) is 4.47 Å². The van der Waals surface area contributed by atoms with Crippen LogP contribution in [0.25, 0.3) is 0 Å². The molecule has 0 aliphatic heterocycles. The number of aromatic carboxylic acids is 1. The van der Waals surface area contributed by atoms with E-state index in [1.807, 2.05) is 0 Å². The first kappa shape index (κ1) is 9.68. The minimum atomic E-state index is -1.45. The monoisotopic (exact) mass is 243 g/mol. The van der Waals surface area contributed by atoms with Crippen molar-refractivity contribution in [2.75, 3.05) is 0 Å². The SMILES string of the molecule is N#Cc1c(Br)ccc(F)c1C(=O)O. The van der Waals surface area contributed by atoms with Gasteiger partial charge in [0.25, 0.3) is 0 Å². The highest BCUT2D eigenvalue weighted by molar-refractivity contribution is 9.10. The average molecular weight is 244 g/mol. The number of halogens is 2. The van der Waals surface area contributed by atoms with Crippen LogP contribution >= 0.6 is 15.9 Å². The van der Waals surface area contributed by atoms with E-state index in [0.29, 0.717) is 0 Å². The van der Waals surface area contributed by atoms with Crippen molar-refractivity contribution in [1.29, 1.82) is 5.26 Å².